The summed E-state index contributed by atoms with van der Waals surface area (Å²) in [5, 5.41) is 2.93. The van der Waals surface area contributed by atoms with Crippen molar-refractivity contribution in [2.45, 2.75) is 4.90 Å². The number of ketones is 1. The highest BCUT2D eigenvalue weighted by Crippen LogP contribution is 2.28. The van der Waals surface area contributed by atoms with E-state index in [4.69, 9.17) is 14.2 Å². The van der Waals surface area contributed by atoms with E-state index in [1.165, 1.54) is 58.1 Å². The van der Waals surface area contributed by atoms with E-state index in [0.717, 1.165) is 0 Å². The van der Waals surface area contributed by atoms with E-state index in [1.54, 1.807) is 30.3 Å². The fraction of sp³-hybridized carbons (Fsp3) is 0.136. The second-order valence-corrected chi connectivity index (χ2v) is 8.14. The topological polar surface area (TPSA) is 129 Å². The van der Waals surface area contributed by atoms with Gasteiger partial charge in [-0.3, -0.25) is 9.52 Å². The first-order valence-electron chi connectivity index (χ1n) is 9.55. The summed E-state index contributed by atoms with van der Waals surface area (Å²) in [6.07, 6.45) is 5.56. The van der Waals surface area contributed by atoms with E-state index in [1.807, 2.05) is 0 Å². The molecule has 0 saturated heterocycles. The number of carbonyl (C=O) groups is 1. The second kappa shape index (κ2) is 10.5. The van der Waals surface area contributed by atoms with Gasteiger partial charge in [0.05, 0.1) is 26.2 Å². The zero-order valence-corrected chi connectivity index (χ0v) is 18.9. The minimum atomic E-state index is -3.90. The molecular formula is C22H22N4O6S. The summed E-state index contributed by atoms with van der Waals surface area (Å²) < 4.78 is 42.9. The van der Waals surface area contributed by atoms with Gasteiger partial charge in [0.15, 0.2) is 17.3 Å². The summed E-state index contributed by atoms with van der Waals surface area (Å²) in [6.45, 7) is 0. The number of anilines is 2. The van der Waals surface area contributed by atoms with Crippen LogP contribution in [0.2, 0.25) is 0 Å². The Labute approximate surface area is 191 Å². The van der Waals surface area contributed by atoms with Gasteiger partial charge in [-0.25, -0.2) is 18.4 Å². The number of ether oxygens (including phenoxy) is 3. The molecule has 3 rings (SSSR count). The summed E-state index contributed by atoms with van der Waals surface area (Å²) in [5.74, 6) is 0.778. The van der Waals surface area contributed by atoms with Crippen LogP contribution in [0.4, 0.5) is 11.5 Å². The van der Waals surface area contributed by atoms with Crippen molar-refractivity contribution in [1.29, 1.82) is 0 Å². The number of benzene rings is 2. The highest BCUT2D eigenvalue weighted by molar-refractivity contribution is 7.92. The monoisotopic (exact) mass is 470 g/mol. The SMILES string of the molecule is COc1ccc(C(=O)/C=C/Nc2ccc(S(=O)(=O)Nc3nccnc3OC)cc2)cc1OC. The molecule has 0 amide bonds. The van der Waals surface area contributed by atoms with Gasteiger partial charge < -0.3 is 19.5 Å². The van der Waals surface area contributed by atoms with Crippen LogP contribution in [0.1, 0.15) is 10.4 Å². The van der Waals surface area contributed by atoms with Crippen molar-refractivity contribution in [2.75, 3.05) is 31.4 Å². The van der Waals surface area contributed by atoms with Crippen LogP contribution in [-0.2, 0) is 10.0 Å². The van der Waals surface area contributed by atoms with Gasteiger partial charge >= 0.3 is 0 Å². The van der Waals surface area contributed by atoms with Crippen LogP contribution in [0, 0.1) is 0 Å². The molecule has 0 saturated carbocycles. The summed E-state index contributed by atoms with van der Waals surface area (Å²) in [7, 11) is 0.476. The number of aromatic nitrogens is 2. The van der Waals surface area contributed by atoms with Gasteiger partial charge in [0, 0.05) is 35.9 Å². The predicted octanol–water partition coefficient (Wildman–Crippen LogP) is 3.11. The van der Waals surface area contributed by atoms with Gasteiger partial charge in [0.1, 0.15) is 0 Å². The van der Waals surface area contributed by atoms with Crippen LogP contribution in [-0.4, -0.2) is 45.5 Å². The quantitative estimate of drug-likeness (QED) is 0.339. The highest BCUT2D eigenvalue weighted by atomic mass is 32.2. The molecule has 0 aliphatic rings. The molecule has 2 aromatic carbocycles. The number of allylic oxidation sites excluding steroid dienone is 1. The molecular weight excluding hydrogens is 448 g/mol. The van der Waals surface area contributed by atoms with Crippen molar-refractivity contribution >= 4 is 27.3 Å². The molecule has 0 aliphatic heterocycles. The third kappa shape index (κ3) is 5.77. The largest absolute Gasteiger partial charge is 0.493 e. The maximum Gasteiger partial charge on any atom is 0.263 e. The van der Waals surface area contributed by atoms with Crippen molar-refractivity contribution in [3.8, 4) is 17.4 Å². The molecule has 10 nitrogen and oxygen atoms in total. The summed E-state index contributed by atoms with van der Waals surface area (Å²) in [5.41, 5.74) is 1.01. The van der Waals surface area contributed by atoms with Gasteiger partial charge in [-0.2, -0.15) is 0 Å². The van der Waals surface area contributed by atoms with Crippen LogP contribution in [0.5, 0.6) is 17.4 Å². The molecule has 3 aromatic rings. The lowest BCUT2D eigenvalue weighted by Gasteiger charge is -2.10. The number of sulfonamides is 1. The van der Waals surface area contributed by atoms with Crippen molar-refractivity contribution in [3.63, 3.8) is 0 Å². The lowest BCUT2D eigenvalue weighted by atomic mass is 10.1. The van der Waals surface area contributed by atoms with E-state index < -0.39 is 10.0 Å². The Morgan fingerprint density at radius 1 is 0.909 bits per heavy atom. The molecule has 0 aliphatic carbocycles. The molecule has 0 spiro atoms. The lowest BCUT2D eigenvalue weighted by molar-refractivity contribution is 0.104. The third-order valence-corrected chi connectivity index (χ3v) is 5.76. The van der Waals surface area contributed by atoms with Crippen LogP contribution < -0.4 is 24.2 Å². The number of hydrogen-bond donors (Lipinski definition) is 2. The molecule has 2 N–H and O–H groups in total. The summed E-state index contributed by atoms with van der Waals surface area (Å²) >= 11 is 0. The minimum Gasteiger partial charge on any atom is -0.493 e. The van der Waals surface area contributed by atoms with Crippen LogP contribution in [0.25, 0.3) is 0 Å². The molecule has 0 fully saturated rings. The van der Waals surface area contributed by atoms with Crippen molar-refractivity contribution < 1.29 is 27.4 Å². The van der Waals surface area contributed by atoms with E-state index in [2.05, 4.69) is 20.0 Å². The van der Waals surface area contributed by atoms with Crippen LogP contribution in [0.3, 0.4) is 0 Å². The zero-order valence-electron chi connectivity index (χ0n) is 18.1. The number of nitrogens with one attached hydrogen (secondary N) is 2. The van der Waals surface area contributed by atoms with Crippen molar-refractivity contribution in [1.82, 2.24) is 9.97 Å². The number of methoxy groups -OCH3 is 3. The second-order valence-electron chi connectivity index (χ2n) is 6.46. The fourth-order valence-corrected chi connectivity index (χ4v) is 3.77. The minimum absolute atomic E-state index is 0.0150. The van der Waals surface area contributed by atoms with Gasteiger partial charge in [-0.15, -0.1) is 0 Å². The molecule has 1 heterocycles. The molecule has 172 valence electrons. The van der Waals surface area contributed by atoms with Gasteiger partial charge in [-0.05, 0) is 42.5 Å². The lowest BCUT2D eigenvalue weighted by Crippen LogP contribution is -2.15. The standard InChI is InChI=1S/C22H22N4O6S/c1-30-19-9-4-15(14-20(19)31-2)18(27)10-11-23-16-5-7-17(8-6-16)33(28,29)26-21-22(32-3)25-13-12-24-21/h4-14,23H,1-3H3,(H,24,26)/b11-10+. The normalized spacial score (nSPS) is 11.1. The molecule has 0 radical (unpaired) electrons. The third-order valence-electron chi connectivity index (χ3n) is 4.41. The Hall–Kier alpha value is -4.12. The molecule has 0 atom stereocenters. The van der Waals surface area contributed by atoms with Gasteiger partial charge in [0.2, 0.25) is 5.82 Å². The van der Waals surface area contributed by atoms with Crippen molar-refractivity contribution in [3.05, 3.63) is 72.7 Å². The van der Waals surface area contributed by atoms with E-state index in [-0.39, 0.29) is 22.4 Å². The number of rotatable bonds is 10. The highest BCUT2D eigenvalue weighted by Gasteiger charge is 2.18. The first-order chi connectivity index (χ1) is 15.9. The molecule has 1 aromatic heterocycles. The Bertz CT molecular complexity index is 1260. The van der Waals surface area contributed by atoms with Gasteiger partial charge in [-0.1, -0.05) is 0 Å². The first-order valence-corrected chi connectivity index (χ1v) is 11.0. The fourth-order valence-electron chi connectivity index (χ4n) is 2.76. The van der Waals surface area contributed by atoms with E-state index in [9.17, 15) is 13.2 Å². The smallest absolute Gasteiger partial charge is 0.263 e. The molecule has 0 bridgehead atoms. The Balaban J connectivity index is 1.66. The Morgan fingerprint density at radius 3 is 2.27 bits per heavy atom. The van der Waals surface area contributed by atoms with E-state index in [0.29, 0.717) is 22.7 Å². The van der Waals surface area contributed by atoms with Crippen LogP contribution >= 0.6 is 0 Å². The predicted molar refractivity (Wildman–Crippen MR) is 122 cm³/mol. The van der Waals surface area contributed by atoms with Crippen LogP contribution in [0.15, 0.2) is 72.0 Å². The average molecular weight is 471 g/mol. The maximum absolute atomic E-state index is 12.6. The summed E-state index contributed by atoms with van der Waals surface area (Å²) in [6, 6.07) is 10.8. The Kier molecular flexibility index (Phi) is 7.46. The van der Waals surface area contributed by atoms with E-state index >= 15 is 0 Å². The van der Waals surface area contributed by atoms with Gasteiger partial charge in [0.25, 0.3) is 15.9 Å². The molecule has 33 heavy (non-hydrogen) atoms. The molecule has 0 unspecified atom stereocenters. The molecule has 11 heteroatoms. The Morgan fingerprint density at radius 2 is 1.61 bits per heavy atom. The first kappa shape index (κ1) is 23.5. The number of hydrogen-bond acceptors (Lipinski definition) is 9. The zero-order chi connectivity index (χ0) is 23.8. The van der Waals surface area contributed by atoms with Crippen molar-refractivity contribution in [2.24, 2.45) is 0 Å². The number of carbonyl (C=O) groups excluding carboxylic acids is 1. The average Bonchev–Trinajstić information content (AvgIpc) is 2.84. The maximum atomic E-state index is 12.6. The summed E-state index contributed by atoms with van der Waals surface area (Å²) in [4.78, 5) is 20.2. The number of nitrogens with zero attached hydrogens (tertiary/aromatic N) is 2.